The van der Waals surface area contributed by atoms with E-state index in [1.165, 1.54) is 32.2 Å². The average Bonchev–Trinajstić information content (AvgIpc) is 2.69. The van der Waals surface area contributed by atoms with Crippen LogP contribution in [0.3, 0.4) is 0 Å². The number of anilines is 1. The number of ether oxygens (including phenoxy) is 3. The number of hydrogen-bond donors (Lipinski definition) is 2. The fraction of sp³-hybridized carbons (Fsp3) is 0.526. The standard InChI is InChI=1S/C19H28N4O6S/c1-19(2,3)29-18(26)21-10-7-6-9-20-15-16(30-11-8-14(24)27-4)23-13(12-22-15)17(25)28-5/h6-7,12H,8-11H2,1-5H3,(H,20,22)(H,21,26). The fourth-order valence-electron chi connectivity index (χ4n) is 1.91. The summed E-state index contributed by atoms with van der Waals surface area (Å²) >= 11 is 1.27. The van der Waals surface area contributed by atoms with Crippen molar-refractivity contribution in [2.75, 3.05) is 38.4 Å². The van der Waals surface area contributed by atoms with E-state index in [4.69, 9.17) is 4.74 Å². The predicted octanol–water partition coefficient (Wildman–Crippen LogP) is 2.41. The first-order valence-corrected chi connectivity index (χ1v) is 10.2. The van der Waals surface area contributed by atoms with E-state index < -0.39 is 17.7 Å². The van der Waals surface area contributed by atoms with Crippen LogP contribution in [0.1, 0.15) is 37.7 Å². The van der Waals surface area contributed by atoms with E-state index in [-0.39, 0.29) is 18.1 Å². The maximum absolute atomic E-state index is 11.7. The quantitative estimate of drug-likeness (QED) is 0.242. The molecule has 0 aliphatic carbocycles. The zero-order valence-electron chi connectivity index (χ0n) is 17.8. The van der Waals surface area contributed by atoms with Crippen molar-refractivity contribution in [3.05, 3.63) is 24.0 Å². The van der Waals surface area contributed by atoms with Crippen LogP contribution in [-0.4, -0.2) is 66.7 Å². The van der Waals surface area contributed by atoms with Gasteiger partial charge in [0.25, 0.3) is 0 Å². The van der Waals surface area contributed by atoms with Gasteiger partial charge in [-0.1, -0.05) is 12.2 Å². The van der Waals surface area contributed by atoms with E-state index in [2.05, 4.69) is 30.1 Å². The van der Waals surface area contributed by atoms with Crippen molar-refractivity contribution in [3.63, 3.8) is 0 Å². The monoisotopic (exact) mass is 440 g/mol. The van der Waals surface area contributed by atoms with Crippen molar-refractivity contribution in [2.24, 2.45) is 0 Å². The number of nitrogens with zero attached hydrogens (tertiary/aromatic N) is 2. The van der Waals surface area contributed by atoms with Crippen LogP contribution < -0.4 is 10.6 Å². The largest absolute Gasteiger partial charge is 0.469 e. The number of nitrogens with one attached hydrogen (secondary N) is 2. The highest BCUT2D eigenvalue weighted by Gasteiger charge is 2.15. The van der Waals surface area contributed by atoms with Crippen molar-refractivity contribution in [2.45, 2.75) is 37.8 Å². The summed E-state index contributed by atoms with van der Waals surface area (Å²) in [5, 5.41) is 6.16. The normalized spacial score (nSPS) is 11.1. The molecule has 0 saturated carbocycles. The molecule has 1 amide bonds. The third-order valence-corrected chi connectivity index (χ3v) is 4.19. The van der Waals surface area contributed by atoms with E-state index in [0.717, 1.165) is 0 Å². The van der Waals surface area contributed by atoms with Crippen molar-refractivity contribution in [1.82, 2.24) is 15.3 Å². The Hall–Kier alpha value is -2.82. The average molecular weight is 441 g/mol. The molecule has 10 nitrogen and oxygen atoms in total. The van der Waals surface area contributed by atoms with Gasteiger partial charge in [0.15, 0.2) is 11.5 Å². The molecule has 0 aliphatic heterocycles. The van der Waals surface area contributed by atoms with Crippen LogP contribution in [0.25, 0.3) is 0 Å². The summed E-state index contributed by atoms with van der Waals surface area (Å²) < 4.78 is 14.4. The number of amides is 1. The van der Waals surface area contributed by atoms with E-state index in [9.17, 15) is 14.4 Å². The molecule has 0 atom stereocenters. The Labute approximate surface area is 180 Å². The number of methoxy groups -OCH3 is 2. The minimum atomic E-state index is -0.600. The van der Waals surface area contributed by atoms with Crippen LogP contribution in [0, 0.1) is 0 Å². The molecule has 0 saturated heterocycles. The lowest BCUT2D eigenvalue weighted by Gasteiger charge is -2.19. The van der Waals surface area contributed by atoms with E-state index >= 15 is 0 Å². The van der Waals surface area contributed by atoms with Crippen molar-refractivity contribution in [1.29, 1.82) is 0 Å². The summed E-state index contributed by atoms with van der Waals surface area (Å²) in [5.41, 5.74) is -0.479. The maximum Gasteiger partial charge on any atom is 0.407 e. The molecule has 0 aliphatic rings. The van der Waals surface area contributed by atoms with Crippen molar-refractivity contribution >= 4 is 35.6 Å². The molecule has 1 heterocycles. The van der Waals surface area contributed by atoms with Crippen LogP contribution in [0.4, 0.5) is 10.6 Å². The van der Waals surface area contributed by atoms with E-state index in [0.29, 0.717) is 29.7 Å². The highest BCUT2D eigenvalue weighted by Crippen LogP contribution is 2.24. The summed E-state index contributed by atoms with van der Waals surface area (Å²) in [6.45, 7) is 6.09. The second-order valence-electron chi connectivity index (χ2n) is 6.81. The maximum atomic E-state index is 11.7. The molecule has 30 heavy (non-hydrogen) atoms. The van der Waals surface area contributed by atoms with Gasteiger partial charge in [0.1, 0.15) is 10.6 Å². The lowest BCUT2D eigenvalue weighted by Crippen LogP contribution is -2.32. The first-order valence-electron chi connectivity index (χ1n) is 9.17. The van der Waals surface area contributed by atoms with Gasteiger partial charge in [-0.15, -0.1) is 11.8 Å². The van der Waals surface area contributed by atoms with E-state index in [1.54, 1.807) is 32.9 Å². The lowest BCUT2D eigenvalue weighted by atomic mass is 10.2. The smallest absolute Gasteiger partial charge is 0.407 e. The number of hydrogen-bond acceptors (Lipinski definition) is 10. The number of esters is 2. The molecule has 0 aromatic carbocycles. The van der Waals surface area contributed by atoms with Gasteiger partial charge in [0, 0.05) is 18.8 Å². The van der Waals surface area contributed by atoms with E-state index in [1.807, 2.05) is 0 Å². The zero-order chi connectivity index (χ0) is 22.6. The van der Waals surface area contributed by atoms with Crippen molar-refractivity contribution < 1.29 is 28.6 Å². The lowest BCUT2D eigenvalue weighted by molar-refractivity contribution is -0.140. The summed E-state index contributed by atoms with van der Waals surface area (Å²) in [6.07, 6.45) is 4.58. The Morgan fingerprint density at radius 2 is 1.83 bits per heavy atom. The van der Waals surface area contributed by atoms with Gasteiger partial charge in [-0.25, -0.2) is 19.6 Å². The van der Waals surface area contributed by atoms with Gasteiger partial charge in [-0.3, -0.25) is 4.79 Å². The van der Waals surface area contributed by atoms with Crippen LogP contribution in [0.2, 0.25) is 0 Å². The highest BCUT2D eigenvalue weighted by molar-refractivity contribution is 7.99. The van der Waals surface area contributed by atoms with Crippen LogP contribution in [0.15, 0.2) is 23.4 Å². The molecule has 1 aromatic heterocycles. The van der Waals surface area contributed by atoms with Gasteiger partial charge < -0.3 is 24.8 Å². The van der Waals surface area contributed by atoms with Gasteiger partial charge >= 0.3 is 18.0 Å². The highest BCUT2D eigenvalue weighted by atomic mass is 32.2. The number of carbonyl (C=O) groups is 3. The Morgan fingerprint density at radius 3 is 2.47 bits per heavy atom. The van der Waals surface area contributed by atoms with Gasteiger partial charge in [0.05, 0.1) is 26.8 Å². The molecule has 0 radical (unpaired) electrons. The topological polar surface area (TPSA) is 129 Å². The molecular weight excluding hydrogens is 412 g/mol. The van der Waals surface area contributed by atoms with Gasteiger partial charge in [-0.05, 0) is 20.8 Å². The second kappa shape index (κ2) is 12.7. The Kier molecular flexibility index (Phi) is 10.7. The minimum absolute atomic E-state index is 0.0701. The van der Waals surface area contributed by atoms with Crippen LogP contribution in [-0.2, 0) is 19.0 Å². The predicted molar refractivity (Wildman–Crippen MR) is 113 cm³/mol. The first-order chi connectivity index (χ1) is 14.2. The zero-order valence-corrected chi connectivity index (χ0v) is 18.6. The molecule has 2 N–H and O–H groups in total. The summed E-state index contributed by atoms with van der Waals surface area (Å²) in [7, 11) is 2.58. The SMILES string of the molecule is COC(=O)CCSc1nc(C(=O)OC)cnc1NCC=CCNC(=O)OC(C)(C)C. The summed E-state index contributed by atoms with van der Waals surface area (Å²) in [4.78, 5) is 43.0. The number of carbonyl (C=O) groups excluding carboxylic acids is 3. The number of alkyl carbamates (subject to hydrolysis) is 1. The fourth-order valence-corrected chi connectivity index (χ4v) is 2.80. The molecule has 0 unspecified atom stereocenters. The first kappa shape index (κ1) is 25.2. The minimum Gasteiger partial charge on any atom is -0.469 e. The number of rotatable bonds is 10. The second-order valence-corrected chi connectivity index (χ2v) is 7.89. The van der Waals surface area contributed by atoms with Gasteiger partial charge in [0.2, 0.25) is 0 Å². The molecule has 0 fully saturated rings. The summed E-state index contributed by atoms with van der Waals surface area (Å²) in [6, 6.07) is 0. The third kappa shape index (κ3) is 10.1. The molecule has 0 spiro atoms. The molecule has 1 aromatic rings. The Balaban J connectivity index is 2.62. The molecule has 1 rings (SSSR count). The van der Waals surface area contributed by atoms with Gasteiger partial charge in [-0.2, -0.15) is 0 Å². The van der Waals surface area contributed by atoms with Crippen LogP contribution in [0.5, 0.6) is 0 Å². The third-order valence-electron chi connectivity index (χ3n) is 3.22. The number of aromatic nitrogens is 2. The number of thioether (sulfide) groups is 1. The van der Waals surface area contributed by atoms with Crippen LogP contribution >= 0.6 is 11.8 Å². The Morgan fingerprint density at radius 1 is 1.13 bits per heavy atom. The summed E-state index contributed by atoms with van der Waals surface area (Å²) in [5.74, 6) is -0.0650. The molecule has 11 heteroatoms. The molecule has 166 valence electrons. The van der Waals surface area contributed by atoms with Crippen molar-refractivity contribution in [3.8, 4) is 0 Å². The molecular formula is C19H28N4O6S. The Bertz CT molecular complexity index is 764. The molecule has 0 bridgehead atoms.